The minimum absolute atomic E-state index is 0.175. The molecular formula is C30H30N4O3. The minimum atomic E-state index is -0.420. The maximum Gasteiger partial charge on any atom is 0.307 e. The first-order chi connectivity index (χ1) is 17.9. The van der Waals surface area contributed by atoms with E-state index in [-0.39, 0.29) is 12.4 Å². The van der Waals surface area contributed by atoms with Gasteiger partial charge in [0.2, 0.25) is 0 Å². The molecule has 0 bridgehead atoms. The molecule has 0 saturated heterocycles. The van der Waals surface area contributed by atoms with Gasteiger partial charge in [-0.15, -0.1) is 0 Å². The number of fused-ring (bicyclic) bond motifs is 1. The van der Waals surface area contributed by atoms with Gasteiger partial charge in [-0.25, -0.2) is 5.43 Å². The van der Waals surface area contributed by atoms with Crippen molar-refractivity contribution in [3.63, 3.8) is 0 Å². The molecule has 7 nitrogen and oxygen atoms in total. The Bertz CT molecular complexity index is 1550. The van der Waals surface area contributed by atoms with Crippen LogP contribution in [0.1, 0.15) is 53.2 Å². The SMILES string of the molecule is Cc1ccc(C)n1-c1ccc(OCc2ccc(C(=O)NN=Cc3cn(C(C)C)c4ccccc34)o2)cc1. The molecule has 2 aromatic carbocycles. The second-order valence-electron chi connectivity index (χ2n) is 9.30. The fourth-order valence-corrected chi connectivity index (χ4v) is 4.48. The van der Waals surface area contributed by atoms with E-state index in [1.807, 2.05) is 48.7 Å². The van der Waals surface area contributed by atoms with E-state index in [9.17, 15) is 4.79 Å². The number of para-hydroxylation sites is 1. The smallest absolute Gasteiger partial charge is 0.307 e. The summed E-state index contributed by atoms with van der Waals surface area (Å²) in [6, 6.07) is 23.9. The fourth-order valence-electron chi connectivity index (χ4n) is 4.48. The van der Waals surface area contributed by atoms with Crippen molar-refractivity contribution in [2.45, 2.75) is 40.3 Å². The third-order valence-electron chi connectivity index (χ3n) is 6.33. The van der Waals surface area contributed by atoms with E-state index in [1.165, 1.54) is 11.4 Å². The molecule has 0 saturated carbocycles. The maximum atomic E-state index is 12.5. The van der Waals surface area contributed by atoms with Gasteiger partial charge in [0.1, 0.15) is 18.1 Å². The quantitative estimate of drug-likeness (QED) is 0.196. The summed E-state index contributed by atoms with van der Waals surface area (Å²) in [7, 11) is 0. The highest BCUT2D eigenvalue weighted by Gasteiger charge is 2.12. The standard InChI is InChI=1S/C30H30N4O3/c1-20(2)33-18-23(27-7-5-6-8-28(27)33)17-31-32-30(35)29-16-15-26(37-29)19-36-25-13-11-24(12-14-25)34-21(3)9-10-22(34)4/h5-18,20H,19H2,1-4H3,(H,32,35). The fraction of sp³-hybridized carbons (Fsp3) is 0.200. The zero-order valence-corrected chi connectivity index (χ0v) is 21.4. The third kappa shape index (κ3) is 5.07. The Morgan fingerprint density at radius 1 is 1.00 bits per heavy atom. The summed E-state index contributed by atoms with van der Waals surface area (Å²) in [6.45, 7) is 8.64. The van der Waals surface area contributed by atoms with Gasteiger partial charge in [-0.1, -0.05) is 18.2 Å². The monoisotopic (exact) mass is 494 g/mol. The Morgan fingerprint density at radius 3 is 2.46 bits per heavy atom. The number of rotatable bonds is 8. The van der Waals surface area contributed by atoms with Gasteiger partial charge < -0.3 is 18.3 Å². The van der Waals surface area contributed by atoms with Gasteiger partial charge >= 0.3 is 5.91 Å². The van der Waals surface area contributed by atoms with Crippen molar-refractivity contribution in [1.82, 2.24) is 14.6 Å². The van der Waals surface area contributed by atoms with Gasteiger partial charge in [0.05, 0.1) is 6.21 Å². The lowest BCUT2D eigenvalue weighted by Crippen LogP contribution is -2.16. The molecule has 0 radical (unpaired) electrons. The Kier molecular flexibility index (Phi) is 6.68. The third-order valence-corrected chi connectivity index (χ3v) is 6.33. The highest BCUT2D eigenvalue weighted by molar-refractivity contribution is 6.00. The molecule has 0 fully saturated rings. The molecule has 3 aromatic heterocycles. The van der Waals surface area contributed by atoms with Crippen LogP contribution in [0.15, 0.2) is 88.5 Å². The molecular weight excluding hydrogens is 464 g/mol. The Hall–Kier alpha value is -4.52. The number of furan rings is 1. The van der Waals surface area contributed by atoms with Crippen LogP contribution in [0, 0.1) is 13.8 Å². The Labute approximate surface area is 216 Å². The number of hydrogen-bond donors (Lipinski definition) is 1. The van der Waals surface area contributed by atoms with Crippen LogP contribution in [0.25, 0.3) is 16.6 Å². The number of ether oxygens (including phenoxy) is 1. The van der Waals surface area contributed by atoms with Crippen LogP contribution in [-0.4, -0.2) is 21.3 Å². The summed E-state index contributed by atoms with van der Waals surface area (Å²) in [6.07, 6.45) is 3.70. The largest absolute Gasteiger partial charge is 0.486 e. The van der Waals surface area contributed by atoms with Crippen molar-refractivity contribution in [2.75, 3.05) is 0 Å². The number of nitrogens with one attached hydrogen (secondary N) is 1. The van der Waals surface area contributed by atoms with Crippen LogP contribution >= 0.6 is 0 Å². The van der Waals surface area contributed by atoms with Crippen LogP contribution in [0.5, 0.6) is 5.75 Å². The van der Waals surface area contributed by atoms with Gasteiger partial charge in [0, 0.05) is 45.8 Å². The van der Waals surface area contributed by atoms with Crippen LogP contribution in [0.3, 0.4) is 0 Å². The summed E-state index contributed by atoms with van der Waals surface area (Å²) in [5.41, 5.74) is 8.06. The normalized spacial score (nSPS) is 11.6. The molecule has 0 spiro atoms. The topological polar surface area (TPSA) is 73.7 Å². The Morgan fingerprint density at radius 2 is 1.73 bits per heavy atom. The van der Waals surface area contributed by atoms with Crippen molar-refractivity contribution in [1.29, 1.82) is 0 Å². The second-order valence-corrected chi connectivity index (χ2v) is 9.30. The molecule has 7 heteroatoms. The van der Waals surface area contributed by atoms with Crippen LogP contribution < -0.4 is 10.2 Å². The molecule has 0 aliphatic rings. The van der Waals surface area contributed by atoms with Crippen molar-refractivity contribution in [3.8, 4) is 11.4 Å². The summed E-state index contributed by atoms with van der Waals surface area (Å²) in [5.74, 6) is 1.03. The van der Waals surface area contributed by atoms with E-state index in [4.69, 9.17) is 9.15 Å². The number of nitrogens with zero attached hydrogens (tertiary/aromatic N) is 3. The van der Waals surface area contributed by atoms with Crippen LogP contribution in [-0.2, 0) is 6.61 Å². The second kappa shape index (κ2) is 10.2. The lowest BCUT2D eigenvalue weighted by atomic mass is 10.2. The zero-order valence-electron chi connectivity index (χ0n) is 21.4. The minimum Gasteiger partial charge on any atom is -0.486 e. The first-order valence-corrected chi connectivity index (χ1v) is 12.3. The summed E-state index contributed by atoms with van der Waals surface area (Å²) < 4.78 is 15.9. The van der Waals surface area contributed by atoms with Crippen LogP contribution in [0.2, 0.25) is 0 Å². The molecule has 1 N–H and O–H groups in total. The van der Waals surface area contributed by atoms with Gasteiger partial charge in [-0.3, -0.25) is 4.79 Å². The number of amides is 1. The van der Waals surface area contributed by atoms with Crippen molar-refractivity contribution >= 4 is 23.0 Å². The molecule has 0 aliphatic heterocycles. The van der Waals surface area contributed by atoms with E-state index in [0.29, 0.717) is 11.8 Å². The number of carbonyl (C=O) groups excluding carboxylic acids is 1. The molecule has 5 rings (SSSR count). The highest BCUT2D eigenvalue weighted by atomic mass is 16.5. The van der Waals surface area contributed by atoms with E-state index < -0.39 is 5.91 Å². The van der Waals surface area contributed by atoms with Crippen LogP contribution in [0.4, 0.5) is 0 Å². The summed E-state index contributed by atoms with van der Waals surface area (Å²) in [4.78, 5) is 12.5. The first-order valence-electron chi connectivity index (χ1n) is 12.3. The zero-order chi connectivity index (χ0) is 25.9. The number of hydrazone groups is 1. The highest BCUT2D eigenvalue weighted by Crippen LogP contribution is 2.24. The molecule has 1 amide bonds. The predicted octanol–water partition coefficient (Wildman–Crippen LogP) is 6.57. The molecule has 3 heterocycles. The van der Waals surface area contributed by atoms with E-state index in [1.54, 1.807) is 18.3 Å². The lowest BCUT2D eigenvalue weighted by molar-refractivity contribution is 0.0923. The predicted molar refractivity (Wildman–Crippen MR) is 146 cm³/mol. The number of aromatic nitrogens is 2. The maximum absolute atomic E-state index is 12.5. The van der Waals surface area contributed by atoms with Crippen molar-refractivity contribution in [2.24, 2.45) is 5.10 Å². The molecule has 188 valence electrons. The van der Waals surface area contributed by atoms with Gasteiger partial charge in [0.15, 0.2) is 5.76 Å². The summed E-state index contributed by atoms with van der Waals surface area (Å²) in [5, 5.41) is 5.24. The number of aryl methyl sites for hydroxylation is 2. The van der Waals surface area contributed by atoms with E-state index in [2.05, 4.69) is 65.6 Å². The number of benzene rings is 2. The molecule has 0 atom stereocenters. The molecule has 0 unspecified atom stereocenters. The average Bonchev–Trinajstić information content (AvgIpc) is 3.61. The van der Waals surface area contributed by atoms with Crippen molar-refractivity contribution in [3.05, 3.63) is 107 Å². The van der Waals surface area contributed by atoms with E-state index in [0.717, 1.165) is 27.9 Å². The number of hydrogen-bond acceptors (Lipinski definition) is 4. The van der Waals surface area contributed by atoms with Gasteiger partial charge in [-0.05, 0) is 82.3 Å². The van der Waals surface area contributed by atoms with Gasteiger partial charge in [-0.2, -0.15) is 5.10 Å². The summed E-state index contributed by atoms with van der Waals surface area (Å²) >= 11 is 0. The molecule has 37 heavy (non-hydrogen) atoms. The lowest BCUT2D eigenvalue weighted by Gasteiger charge is -2.10. The molecule has 0 aliphatic carbocycles. The van der Waals surface area contributed by atoms with Crippen molar-refractivity contribution < 1.29 is 13.9 Å². The first kappa shape index (κ1) is 24.2. The van der Waals surface area contributed by atoms with Gasteiger partial charge in [0.25, 0.3) is 0 Å². The van der Waals surface area contributed by atoms with E-state index >= 15 is 0 Å². The Balaban J connectivity index is 1.19. The average molecular weight is 495 g/mol. The number of carbonyl (C=O) groups is 1. The molecule has 5 aromatic rings.